The van der Waals surface area contributed by atoms with E-state index in [1.807, 2.05) is 56.3 Å². The minimum atomic E-state index is 0.120. The summed E-state index contributed by atoms with van der Waals surface area (Å²) in [6.45, 7) is 3.98. The van der Waals surface area contributed by atoms with Gasteiger partial charge >= 0.3 is 0 Å². The zero-order chi connectivity index (χ0) is 13.8. The second-order valence-corrected chi connectivity index (χ2v) is 4.96. The number of benzene rings is 2. The Hall–Kier alpha value is -2.16. The van der Waals surface area contributed by atoms with Crippen molar-refractivity contribution in [1.29, 1.82) is 0 Å². The maximum atomic E-state index is 5.91. The van der Waals surface area contributed by atoms with Crippen molar-refractivity contribution >= 4 is 11.4 Å². The highest BCUT2D eigenvalue weighted by atomic mass is 16.5. The zero-order valence-corrected chi connectivity index (χ0v) is 11.4. The predicted octanol–water partition coefficient (Wildman–Crippen LogP) is 3.23. The lowest BCUT2D eigenvalue weighted by atomic mass is 10.0. The van der Waals surface area contributed by atoms with E-state index in [1.165, 1.54) is 11.1 Å². The van der Waals surface area contributed by atoms with Gasteiger partial charge in [0, 0.05) is 5.69 Å². The van der Waals surface area contributed by atoms with Crippen LogP contribution in [0, 0.1) is 0 Å². The molecule has 0 aliphatic carbocycles. The second-order valence-electron chi connectivity index (χ2n) is 4.96. The summed E-state index contributed by atoms with van der Waals surface area (Å²) in [7, 11) is 0. The van der Waals surface area contributed by atoms with Crippen molar-refractivity contribution in [2.45, 2.75) is 26.4 Å². The van der Waals surface area contributed by atoms with Crippen molar-refractivity contribution in [2.75, 3.05) is 11.5 Å². The van der Waals surface area contributed by atoms with Crippen molar-refractivity contribution in [3.8, 4) is 5.75 Å². The fourth-order valence-corrected chi connectivity index (χ4v) is 1.92. The molecule has 0 atom stereocenters. The number of nitrogens with two attached hydrogens (primary N) is 2. The Morgan fingerprint density at radius 2 is 1.58 bits per heavy atom. The number of ether oxygens (including phenoxy) is 1. The van der Waals surface area contributed by atoms with E-state index in [-0.39, 0.29) is 6.10 Å². The van der Waals surface area contributed by atoms with Crippen LogP contribution >= 0.6 is 0 Å². The van der Waals surface area contributed by atoms with Crippen molar-refractivity contribution in [3.63, 3.8) is 0 Å². The maximum absolute atomic E-state index is 5.91. The lowest BCUT2D eigenvalue weighted by Crippen LogP contribution is -2.07. The molecule has 2 rings (SSSR count). The molecule has 0 aliphatic rings. The molecule has 0 unspecified atom stereocenters. The second kappa shape index (κ2) is 5.65. The van der Waals surface area contributed by atoms with Gasteiger partial charge in [-0.1, -0.05) is 18.2 Å². The first-order valence-corrected chi connectivity index (χ1v) is 6.44. The van der Waals surface area contributed by atoms with Gasteiger partial charge < -0.3 is 16.2 Å². The van der Waals surface area contributed by atoms with E-state index in [4.69, 9.17) is 16.2 Å². The van der Waals surface area contributed by atoms with E-state index in [0.29, 0.717) is 5.69 Å². The molecule has 0 saturated heterocycles. The topological polar surface area (TPSA) is 61.3 Å². The van der Waals surface area contributed by atoms with E-state index in [2.05, 4.69) is 0 Å². The number of rotatable bonds is 4. The van der Waals surface area contributed by atoms with Gasteiger partial charge in [-0.15, -0.1) is 0 Å². The van der Waals surface area contributed by atoms with E-state index in [1.54, 1.807) is 0 Å². The predicted molar refractivity (Wildman–Crippen MR) is 80.3 cm³/mol. The highest BCUT2D eigenvalue weighted by Crippen LogP contribution is 2.25. The Morgan fingerprint density at radius 3 is 2.21 bits per heavy atom. The number of hydrogen-bond donors (Lipinski definition) is 2. The fraction of sp³-hybridized carbons (Fsp3) is 0.250. The smallest absolute Gasteiger partial charge is 0.142 e. The Kier molecular flexibility index (Phi) is 3.95. The summed E-state index contributed by atoms with van der Waals surface area (Å²) in [5, 5.41) is 0. The van der Waals surface area contributed by atoms with Gasteiger partial charge in [0.15, 0.2) is 0 Å². The van der Waals surface area contributed by atoms with Gasteiger partial charge in [0.2, 0.25) is 0 Å². The summed E-state index contributed by atoms with van der Waals surface area (Å²) in [5.74, 6) is 0.753. The monoisotopic (exact) mass is 256 g/mol. The van der Waals surface area contributed by atoms with Crippen LogP contribution in [0.1, 0.15) is 25.0 Å². The Bertz CT molecular complexity index is 547. The lowest BCUT2D eigenvalue weighted by Gasteiger charge is -2.13. The van der Waals surface area contributed by atoms with E-state index in [9.17, 15) is 0 Å². The van der Waals surface area contributed by atoms with Crippen molar-refractivity contribution in [1.82, 2.24) is 0 Å². The summed E-state index contributed by atoms with van der Waals surface area (Å²) < 4.78 is 5.70. The molecular weight excluding hydrogens is 236 g/mol. The Balaban J connectivity index is 2.18. The van der Waals surface area contributed by atoms with Crippen LogP contribution in [0.4, 0.5) is 11.4 Å². The minimum absolute atomic E-state index is 0.120. The highest BCUT2D eigenvalue weighted by molar-refractivity contribution is 5.54. The van der Waals surface area contributed by atoms with Gasteiger partial charge in [0.05, 0.1) is 11.8 Å². The van der Waals surface area contributed by atoms with Crippen LogP contribution in [0.15, 0.2) is 42.5 Å². The van der Waals surface area contributed by atoms with Crippen LogP contribution in [-0.4, -0.2) is 6.10 Å². The van der Waals surface area contributed by atoms with E-state index < -0.39 is 0 Å². The van der Waals surface area contributed by atoms with Gasteiger partial charge in [-0.05, 0) is 55.7 Å². The fourth-order valence-electron chi connectivity index (χ4n) is 1.92. The van der Waals surface area contributed by atoms with E-state index in [0.717, 1.165) is 17.9 Å². The third-order valence-corrected chi connectivity index (χ3v) is 2.83. The normalized spacial score (nSPS) is 10.7. The molecule has 2 aromatic carbocycles. The van der Waals surface area contributed by atoms with Crippen molar-refractivity contribution < 1.29 is 4.74 Å². The van der Waals surface area contributed by atoms with Gasteiger partial charge in [-0.2, -0.15) is 0 Å². The largest absolute Gasteiger partial charge is 0.489 e. The van der Waals surface area contributed by atoms with Crippen LogP contribution in [0.5, 0.6) is 5.75 Å². The van der Waals surface area contributed by atoms with Crippen molar-refractivity contribution in [2.24, 2.45) is 0 Å². The van der Waals surface area contributed by atoms with Crippen LogP contribution in [0.2, 0.25) is 0 Å². The summed E-state index contributed by atoms with van der Waals surface area (Å²) in [4.78, 5) is 0. The van der Waals surface area contributed by atoms with Gasteiger partial charge in [-0.3, -0.25) is 0 Å². The number of nitrogen functional groups attached to an aromatic ring is 2. The first kappa shape index (κ1) is 13.3. The molecule has 3 nitrogen and oxygen atoms in total. The molecule has 0 bridgehead atoms. The maximum Gasteiger partial charge on any atom is 0.142 e. The van der Waals surface area contributed by atoms with Gasteiger partial charge in [0.1, 0.15) is 5.75 Å². The third kappa shape index (κ3) is 3.65. The van der Waals surface area contributed by atoms with Crippen LogP contribution in [0.25, 0.3) is 0 Å². The summed E-state index contributed by atoms with van der Waals surface area (Å²) in [6.07, 6.45) is 0.962. The molecule has 0 radical (unpaired) electrons. The Labute approximate surface area is 114 Å². The standard InChI is InChI=1S/C16H20N2O/c1-11(2)19-16-10-13(5-8-15(16)18)9-12-3-6-14(17)7-4-12/h3-8,10-11H,9,17-18H2,1-2H3. The summed E-state index contributed by atoms with van der Waals surface area (Å²) in [6, 6.07) is 13.8. The quantitative estimate of drug-likeness (QED) is 0.826. The van der Waals surface area contributed by atoms with Gasteiger partial charge in [0.25, 0.3) is 0 Å². The first-order valence-electron chi connectivity index (χ1n) is 6.44. The molecule has 0 amide bonds. The molecule has 19 heavy (non-hydrogen) atoms. The van der Waals surface area contributed by atoms with Crippen molar-refractivity contribution in [3.05, 3.63) is 53.6 Å². The molecule has 0 spiro atoms. The summed E-state index contributed by atoms with van der Waals surface area (Å²) in [5.41, 5.74) is 15.4. The molecule has 0 heterocycles. The molecule has 100 valence electrons. The first-order chi connectivity index (χ1) is 9.04. The average molecular weight is 256 g/mol. The van der Waals surface area contributed by atoms with E-state index >= 15 is 0 Å². The molecule has 4 N–H and O–H groups in total. The third-order valence-electron chi connectivity index (χ3n) is 2.83. The molecule has 0 fully saturated rings. The molecular formula is C16H20N2O. The minimum Gasteiger partial charge on any atom is -0.489 e. The molecule has 2 aromatic rings. The Morgan fingerprint density at radius 1 is 0.947 bits per heavy atom. The SMILES string of the molecule is CC(C)Oc1cc(Cc2ccc(N)cc2)ccc1N. The lowest BCUT2D eigenvalue weighted by molar-refractivity contribution is 0.243. The average Bonchev–Trinajstić information content (AvgIpc) is 2.36. The summed E-state index contributed by atoms with van der Waals surface area (Å²) >= 11 is 0. The van der Waals surface area contributed by atoms with Crippen LogP contribution < -0.4 is 16.2 Å². The molecule has 0 saturated carbocycles. The molecule has 0 aliphatic heterocycles. The molecule has 3 heteroatoms. The highest BCUT2D eigenvalue weighted by Gasteiger charge is 2.05. The number of hydrogen-bond acceptors (Lipinski definition) is 3. The van der Waals surface area contributed by atoms with Crippen LogP contribution in [0.3, 0.4) is 0 Å². The number of anilines is 2. The van der Waals surface area contributed by atoms with Crippen LogP contribution in [-0.2, 0) is 6.42 Å². The molecule has 0 aromatic heterocycles. The zero-order valence-electron chi connectivity index (χ0n) is 11.4. The van der Waals surface area contributed by atoms with Gasteiger partial charge in [-0.25, -0.2) is 0 Å².